The fourth-order valence-corrected chi connectivity index (χ4v) is 1.83. The summed E-state index contributed by atoms with van der Waals surface area (Å²) in [6.07, 6.45) is 1.42. The standard InChI is InChI=1S/C14H11N3O2/c15-14-13-11(16-8-17-14)2-1-3-12(13)19-10-6-4-9(18)5-7-10/h1-8,18H,(H2,15,16,17). The highest BCUT2D eigenvalue weighted by molar-refractivity contribution is 5.93. The van der Waals surface area contributed by atoms with Crippen LogP contribution in [-0.2, 0) is 0 Å². The SMILES string of the molecule is Nc1ncnc2cccc(Oc3ccc(O)cc3)c12. The Hall–Kier alpha value is -2.82. The Kier molecular flexibility index (Phi) is 2.64. The van der Waals surface area contributed by atoms with Crippen LogP contribution >= 0.6 is 0 Å². The summed E-state index contributed by atoms with van der Waals surface area (Å²) in [5, 5.41) is 9.92. The summed E-state index contributed by atoms with van der Waals surface area (Å²) in [4.78, 5) is 8.12. The summed E-state index contributed by atoms with van der Waals surface area (Å²) in [6, 6.07) is 11.9. The number of hydrogen-bond acceptors (Lipinski definition) is 5. The molecular weight excluding hydrogens is 242 g/mol. The number of aromatic nitrogens is 2. The van der Waals surface area contributed by atoms with Gasteiger partial charge in [-0.1, -0.05) is 6.07 Å². The first-order chi connectivity index (χ1) is 9.24. The lowest BCUT2D eigenvalue weighted by Gasteiger charge is -2.09. The predicted molar refractivity (Wildman–Crippen MR) is 72.1 cm³/mol. The molecule has 0 aliphatic carbocycles. The van der Waals surface area contributed by atoms with E-state index in [1.807, 2.05) is 12.1 Å². The van der Waals surface area contributed by atoms with Crippen LogP contribution in [0.1, 0.15) is 0 Å². The van der Waals surface area contributed by atoms with Crippen LogP contribution in [0.4, 0.5) is 5.82 Å². The summed E-state index contributed by atoms with van der Waals surface area (Å²) < 4.78 is 5.76. The van der Waals surface area contributed by atoms with Crippen LogP contribution in [0.15, 0.2) is 48.8 Å². The Morgan fingerprint density at radius 1 is 1.00 bits per heavy atom. The summed E-state index contributed by atoms with van der Waals surface area (Å²) in [7, 11) is 0. The molecule has 0 fully saturated rings. The van der Waals surface area contributed by atoms with Crippen LogP contribution in [0, 0.1) is 0 Å². The van der Waals surface area contributed by atoms with Crippen molar-refractivity contribution in [1.29, 1.82) is 0 Å². The van der Waals surface area contributed by atoms with Crippen LogP contribution < -0.4 is 10.5 Å². The zero-order valence-electron chi connectivity index (χ0n) is 9.95. The van der Waals surface area contributed by atoms with Gasteiger partial charge in [0.05, 0.1) is 10.9 Å². The van der Waals surface area contributed by atoms with E-state index in [2.05, 4.69) is 9.97 Å². The summed E-state index contributed by atoms with van der Waals surface area (Å²) in [5.74, 6) is 1.75. The second kappa shape index (κ2) is 4.45. The molecule has 0 aliphatic heterocycles. The van der Waals surface area contributed by atoms with E-state index in [0.29, 0.717) is 22.7 Å². The number of ether oxygens (including phenoxy) is 1. The lowest BCUT2D eigenvalue weighted by molar-refractivity contribution is 0.466. The van der Waals surface area contributed by atoms with Crippen molar-refractivity contribution in [3.05, 3.63) is 48.8 Å². The quantitative estimate of drug-likeness (QED) is 0.733. The molecular formula is C14H11N3O2. The Balaban J connectivity index is 2.08. The third-order valence-electron chi connectivity index (χ3n) is 2.72. The molecule has 2 aromatic carbocycles. The van der Waals surface area contributed by atoms with Gasteiger partial charge < -0.3 is 15.6 Å². The fraction of sp³-hybridized carbons (Fsp3) is 0. The van der Waals surface area contributed by atoms with Crippen LogP contribution in [0.3, 0.4) is 0 Å². The monoisotopic (exact) mass is 253 g/mol. The second-order valence-corrected chi connectivity index (χ2v) is 4.01. The van der Waals surface area contributed by atoms with Crippen molar-refractivity contribution in [1.82, 2.24) is 9.97 Å². The number of aromatic hydroxyl groups is 1. The number of fused-ring (bicyclic) bond motifs is 1. The highest BCUT2D eigenvalue weighted by atomic mass is 16.5. The summed E-state index contributed by atoms with van der Waals surface area (Å²) >= 11 is 0. The number of benzene rings is 2. The van der Waals surface area contributed by atoms with Gasteiger partial charge in [0.15, 0.2) is 0 Å². The molecule has 0 unspecified atom stereocenters. The minimum atomic E-state index is 0.188. The van der Waals surface area contributed by atoms with Crippen LogP contribution in [-0.4, -0.2) is 15.1 Å². The van der Waals surface area contributed by atoms with Crippen LogP contribution in [0.5, 0.6) is 17.2 Å². The van der Waals surface area contributed by atoms with E-state index in [-0.39, 0.29) is 5.75 Å². The molecule has 0 bridgehead atoms. The van der Waals surface area contributed by atoms with Gasteiger partial charge in [0.25, 0.3) is 0 Å². The number of phenolic OH excluding ortho intramolecular Hbond substituents is 1. The first-order valence-electron chi connectivity index (χ1n) is 5.70. The maximum atomic E-state index is 9.24. The molecule has 1 aromatic heterocycles. The van der Waals surface area contributed by atoms with Gasteiger partial charge >= 0.3 is 0 Å². The van der Waals surface area contributed by atoms with Gasteiger partial charge in [-0.25, -0.2) is 9.97 Å². The second-order valence-electron chi connectivity index (χ2n) is 4.01. The third kappa shape index (κ3) is 2.13. The minimum absolute atomic E-state index is 0.188. The van der Waals surface area contributed by atoms with Crippen molar-refractivity contribution >= 4 is 16.7 Å². The van der Waals surface area contributed by atoms with Gasteiger partial charge in [0.1, 0.15) is 29.4 Å². The average molecular weight is 253 g/mol. The van der Waals surface area contributed by atoms with Gasteiger partial charge in [0, 0.05) is 0 Å². The van der Waals surface area contributed by atoms with E-state index >= 15 is 0 Å². The molecule has 94 valence electrons. The Morgan fingerprint density at radius 3 is 2.58 bits per heavy atom. The van der Waals surface area contributed by atoms with Crippen molar-refractivity contribution in [2.45, 2.75) is 0 Å². The molecule has 3 rings (SSSR count). The number of anilines is 1. The molecule has 1 heterocycles. The van der Waals surface area contributed by atoms with E-state index in [1.165, 1.54) is 6.33 Å². The Labute approximate surface area is 109 Å². The number of nitrogens with two attached hydrogens (primary N) is 1. The Morgan fingerprint density at radius 2 is 1.79 bits per heavy atom. The van der Waals surface area contributed by atoms with Crippen molar-refractivity contribution in [3.63, 3.8) is 0 Å². The van der Waals surface area contributed by atoms with Gasteiger partial charge in [-0.2, -0.15) is 0 Å². The molecule has 3 aromatic rings. The van der Waals surface area contributed by atoms with Crippen molar-refractivity contribution in [2.75, 3.05) is 5.73 Å². The predicted octanol–water partition coefficient (Wildman–Crippen LogP) is 2.71. The molecule has 3 N–H and O–H groups in total. The smallest absolute Gasteiger partial charge is 0.140 e. The maximum Gasteiger partial charge on any atom is 0.140 e. The molecule has 0 amide bonds. The van der Waals surface area contributed by atoms with Crippen molar-refractivity contribution in [3.8, 4) is 17.2 Å². The molecule has 0 radical (unpaired) electrons. The maximum absolute atomic E-state index is 9.24. The lowest BCUT2D eigenvalue weighted by atomic mass is 10.2. The first kappa shape index (κ1) is 11.3. The molecule has 0 saturated carbocycles. The number of hydrogen-bond donors (Lipinski definition) is 2. The molecule has 5 nitrogen and oxygen atoms in total. The average Bonchev–Trinajstić information content (AvgIpc) is 2.42. The number of nitrogens with zero attached hydrogens (tertiary/aromatic N) is 2. The number of phenols is 1. The summed E-state index contributed by atoms with van der Waals surface area (Å²) in [5.41, 5.74) is 6.59. The number of rotatable bonds is 2. The van der Waals surface area contributed by atoms with E-state index in [4.69, 9.17) is 10.5 Å². The van der Waals surface area contributed by atoms with Crippen molar-refractivity contribution < 1.29 is 9.84 Å². The minimum Gasteiger partial charge on any atom is -0.508 e. The van der Waals surface area contributed by atoms with E-state index in [1.54, 1.807) is 30.3 Å². The molecule has 5 heteroatoms. The topological polar surface area (TPSA) is 81.3 Å². The third-order valence-corrected chi connectivity index (χ3v) is 2.72. The van der Waals surface area contributed by atoms with Gasteiger partial charge in [0.2, 0.25) is 0 Å². The fourth-order valence-electron chi connectivity index (χ4n) is 1.83. The summed E-state index contributed by atoms with van der Waals surface area (Å²) in [6.45, 7) is 0. The van der Waals surface area contributed by atoms with Crippen LogP contribution in [0.25, 0.3) is 10.9 Å². The molecule has 0 spiro atoms. The Bertz CT molecular complexity index is 721. The number of nitrogen functional groups attached to an aromatic ring is 1. The molecule has 0 atom stereocenters. The molecule has 0 saturated heterocycles. The molecule has 19 heavy (non-hydrogen) atoms. The largest absolute Gasteiger partial charge is 0.508 e. The van der Waals surface area contributed by atoms with E-state index < -0.39 is 0 Å². The lowest BCUT2D eigenvalue weighted by Crippen LogP contribution is -1.95. The van der Waals surface area contributed by atoms with Crippen molar-refractivity contribution in [2.24, 2.45) is 0 Å². The highest BCUT2D eigenvalue weighted by Gasteiger charge is 2.08. The van der Waals surface area contributed by atoms with Gasteiger partial charge in [-0.3, -0.25) is 0 Å². The van der Waals surface area contributed by atoms with Gasteiger partial charge in [-0.15, -0.1) is 0 Å². The zero-order chi connectivity index (χ0) is 13.2. The van der Waals surface area contributed by atoms with Gasteiger partial charge in [-0.05, 0) is 36.4 Å². The van der Waals surface area contributed by atoms with Crippen LogP contribution in [0.2, 0.25) is 0 Å². The van der Waals surface area contributed by atoms with E-state index in [0.717, 1.165) is 5.52 Å². The highest BCUT2D eigenvalue weighted by Crippen LogP contribution is 2.32. The first-order valence-corrected chi connectivity index (χ1v) is 5.70. The normalized spacial score (nSPS) is 10.5. The molecule has 0 aliphatic rings. The zero-order valence-corrected chi connectivity index (χ0v) is 9.95. The van der Waals surface area contributed by atoms with E-state index in [9.17, 15) is 5.11 Å².